The molecule has 2 heteroatoms. The maximum atomic E-state index is 9.26. The highest BCUT2D eigenvalue weighted by Gasteiger charge is 2.48. The minimum Gasteiger partial charge on any atom is -0.396 e. The Morgan fingerprint density at radius 1 is 0.857 bits per heavy atom. The molecule has 4 atom stereocenters. The van der Waals surface area contributed by atoms with Crippen LogP contribution in [0.25, 0.3) is 0 Å². The summed E-state index contributed by atoms with van der Waals surface area (Å²) in [7, 11) is 0. The second-order valence-corrected chi connectivity index (χ2v) is 4.65. The molecule has 80 valence electrons. The molecule has 2 nitrogen and oxygen atoms in total. The second kappa shape index (κ2) is 4.45. The largest absolute Gasteiger partial charge is 0.396 e. The molecule has 2 rings (SSSR count). The molecule has 2 aliphatic rings. The monoisotopic (exact) mass is 196 g/mol. The fraction of sp³-hybridized carbons (Fsp3) is 0.833. The summed E-state index contributed by atoms with van der Waals surface area (Å²) in [6.07, 6.45) is 9.21. The first kappa shape index (κ1) is 10.2. The van der Waals surface area contributed by atoms with Crippen molar-refractivity contribution in [1.29, 1.82) is 0 Å². The smallest absolute Gasteiger partial charge is 0.0465 e. The lowest BCUT2D eigenvalue weighted by atomic mass is 9.54. The SMILES string of the molecule is OC[C@@H]1[C@H](CO)[C@H]2CC/C=C\CC[C@H]12. The first-order chi connectivity index (χ1) is 6.88. The second-order valence-electron chi connectivity index (χ2n) is 4.65. The fourth-order valence-corrected chi connectivity index (χ4v) is 3.34. The van der Waals surface area contributed by atoms with Gasteiger partial charge < -0.3 is 10.2 Å². The summed E-state index contributed by atoms with van der Waals surface area (Å²) >= 11 is 0. The third-order valence-electron chi connectivity index (χ3n) is 4.12. The summed E-state index contributed by atoms with van der Waals surface area (Å²) < 4.78 is 0. The van der Waals surface area contributed by atoms with Crippen LogP contribution < -0.4 is 0 Å². The third kappa shape index (κ3) is 1.61. The Hall–Kier alpha value is -0.340. The lowest BCUT2D eigenvalue weighted by Crippen LogP contribution is -2.50. The number of rotatable bonds is 2. The summed E-state index contributed by atoms with van der Waals surface area (Å²) in [5.41, 5.74) is 0. The van der Waals surface area contributed by atoms with Gasteiger partial charge in [-0.2, -0.15) is 0 Å². The van der Waals surface area contributed by atoms with Gasteiger partial charge in [-0.05, 0) is 49.4 Å². The molecular weight excluding hydrogens is 176 g/mol. The summed E-state index contributed by atoms with van der Waals surface area (Å²) in [6, 6.07) is 0. The van der Waals surface area contributed by atoms with Crippen molar-refractivity contribution >= 4 is 0 Å². The van der Waals surface area contributed by atoms with Crippen LogP contribution in [0.2, 0.25) is 0 Å². The van der Waals surface area contributed by atoms with Gasteiger partial charge in [0.1, 0.15) is 0 Å². The van der Waals surface area contributed by atoms with E-state index >= 15 is 0 Å². The molecule has 0 unspecified atom stereocenters. The quantitative estimate of drug-likeness (QED) is 0.658. The van der Waals surface area contributed by atoms with Gasteiger partial charge >= 0.3 is 0 Å². The Morgan fingerprint density at radius 2 is 1.29 bits per heavy atom. The highest BCUT2D eigenvalue weighted by Crippen LogP contribution is 2.50. The van der Waals surface area contributed by atoms with Crippen molar-refractivity contribution in [2.45, 2.75) is 25.7 Å². The van der Waals surface area contributed by atoms with E-state index in [1.165, 1.54) is 12.8 Å². The lowest BCUT2D eigenvalue weighted by Gasteiger charge is -2.52. The van der Waals surface area contributed by atoms with Gasteiger partial charge in [0.25, 0.3) is 0 Å². The van der Waals surface area contributed by atoms with E-state index in [-0.39, 0.29) is 13.2 Å². The van der Waals surface area contributed by atoms with E-state index in [1.54, 1.807) is 0 Å². The molecule has 0 radical (unpaired) electrons. The zero-order chi connectivity index (χ0) is 9.97. The summed E-state index contributed by atoms with van der Waals surface area (Å²) in [5, 5.41) is 18.5. The average molecular weight is 196 g/mol. The molecule has 14 heavy (non-hydrogen) atoms. The number of aliphatic hydroxyl groups is 2. The van der Waals surface area contributed by atoms with E-state index in [0.29, 0.717) is 23.7 Å². The van der Waals surface area contributed by atoms with Gasteiger partial charge in [-0.1, -0.05) is 12.2 Å². The van der Waals surface area contributed by atoms with Crippen LogP contribution in [0.3, 0.4) is 0 Å². The molecule has 2 N–H and O–H groups in total. The van der Waals surface area contributed by atoms with Crippen molar-refractivity contribution in [2.24, 2.45) is 23.7 Å². The molecule has 0 saturated heterocycles. The zero-order valence-corrected chi connectivity index (χ0v) is 8.60. The predicted octanol–water partition coefficient (Wildman–Crippen LogP) is 1.58. The number of allylic oxidation sites excluding steroid dienone is 2. The topological polar surface area (TPSA) is 40.5 Å². The van der Waals surface area contributed by atoms with Gasteiger partial charge in [-0.25, -0.2) is 0 Å². The first-order valence-electron chi connectivity index (χ1n) is 5.75. The van der Waals surface area contributed by atoms with Gasteiger partial charge in [0, 0.05) is 13.2 Å². The summed E-state index contributed by atoms with van der Waals surface area (Å²) in [5.74, 6) is 2.08. The molecule has 1 saturated carbocycles. The number of fused-ring (bicyclic) bond motifs is 1. The van der Waals surface area contributed by atoms with Crippen LogP contribution in [0.5, 0.6) is 0 Å². The average Bonchev–Trinajstić information content (AvgIpc) is 2.16. The van der Waals surface area contributed by atoms with E-state index in [9.17, 15) is 10.2 Å². The highest BCUT2D eigenvalue weighted by atomic mass is 16.3. The standard InChI is InChI=1S/C12H20O2/c13-7-11-9-5-3-1-2-4-6-10(9)12(11)8-14/h1-2,9-14H,3-8H2/b2-1-/t9-,10-,11-,12+/m0/s1. The van der Waals surface area contributed by atoms with Crippen molar-refractivity contribution in [2.75, 3.05) is 13.2 Å². The van der Waals surface area contributed by atoms with E-state index in [2.05, 4.69) is 12.2 Å². The van der Waals surface area contributed by atoms with E-state index in [0.717, 1.165) is 12.8 Å². The van der Waals surface area contributed by atoms with Crippen molar-refractivity contribution in [3.8, 4) is 0 Å². The van der Waals surface area contributed by atoms with Gasteiger partial charge in [-0.15, -0.1) is 0 Å². The van der Waals surface area contributed by atoms with Crippen LogP contribution in [0.1, 0.15) is 25.7 Å². The normalized spacial score (nSPS) is 44.4. The molecule has 0 aromatic heterocycles. The molecular formula is C12H20O2. The van der Waals surface area contributed by atoms with Crippen LogP contribution in [-0.2, 0) is 0 Å². The zero-order valence-electron chi connectivity index (χ0n) is 8.60. The Balaban J connectivity index is 2.01. The summed E-state index contributed by atoms with van der Waals surface area (Å²) in [6.45, 7) is 0.520. The number of aliphatic hydroxyl groups excluding tert-OH is 2. The maximum Gasteiger partial charge on any atom is 0.0465 e. The molecule has 1 fully saturated rings. The Morgan fingerprint density at radius 3 is 1.64 bits per heavy atom. The minimum atomic E-state index is 0.260. The first-order valence-corrected chi connectivity index (χ1v) is 5.75. The Kier molecular flexibility index (Phi) is 3.24. The molecule has 0 aromatic rings. The molecule has 2 aliphatic carbocycles. The lowest BCUT2D eigenvalue weighted by molar-refractivity contribution is -0.0867. The molecule has 0 bridgehead atoms. The van der Waals surface area contributed by atoms with Gasteiger partial charge in [0.2, 0.25) is 0 Å². The minimum absolute atomic E-state index is 0.260. The van der Waals surface area contributed by atoms with E-state index in [1.807, 2.05) is 0 Å². The number of hydrogen-bond donors (Lipinski definition) is 2. The maximum absolute atomic E-state index is 9.26. The van der Waals surface area contributed by atoms with Crippen molar-refractivity contribution in [1.82, 2.24) is 0 Å². The molecule has 0 aliphatic heterocycles. The highest BCUT2D eigenvalue weighted by molar-refractivity contribution is 5.00. The van der Waals surface area contributed by atoms with Crippen LogP contribution in [0.4, 0.5) is 0 Å². The molecule has 0 spiro atoms. The van der Waals surface area contributed by atoms with E-state index in [4.69, 9.17) is 0 Å². The van der Waals surface area contributed by atoms with Crippen molar-refractivity contribution in [3.63, 3.8) is 0 Å². The predicted molar refractivity (Wildman–Crippen MR) is 55.7 cm³/mol. The van der Waals surface area contributed by atoms with Crippen LogP contribution in [0, 0.1) is 23.7 Å². The number of hydrogen-bond acceptors (Lipinski definition) is 2. The third-order valence-corrected chi connectivity index (χ3v) is 4.12. The Labute approximate surface area is 85.6 Å². The molecule has 0 aromatic carbocycles. The molecule has 0 heterocycles. The molecule has 0 amide bonds. The van der Waals surface area contributed by atoms with Crippen LogP contribution >= 0.6 is 0 Å². The summed E-state index contributed by atoms with van der Waals surface area (Å²) in [4.78, 5) is 0. The van der Waals surface area contributed by atoms with Gasteiger partial charge in [-0.3, -0.25) is 0 Å². The van der Waals surface area contributed by atoms with Crippen molar-refractivity contribution < 1.29 is 10.2 Å². The van der Waals surface area contributed by atoms with E-state index < -0.39 is 0 Å². The Bertz CT molecular complexity index is 190. The van der Waals surface area contributed by atoms with Crippen molar-refractivity contribution in [3.05, 3.63) is 12.2 Å². The van der Waals surface area contributed by atoms with Gasteiger partial charge in [0.15, 0.2) is 0 Å². The van der Waals surface area contributed by atoms with Crippen LogP contribution in [-0.4, -0.2) is 23.4 Å². The van der Waals surface area contributed by atoms with Gasteiger partial charge in [0.05, 0.1) is 0 Å². The fourth-order valence-electron chi connectivity index (χ4n) is 3.34. The van der Waals surface area contributed by atoms with Crippen LogP contribution in [0.15, 0.2) is 12.2 Å².